The van der Waals surface area contributed by atoms with Crippen molar-refractivity contribution in [3.63, 3.8) is 0 Å². The molecule has 0 amide bonds. The Morgan fingerprint density at radius 2 is 1.84 bits per heavy atom. The van der Waals surface area contributed by atoms with Crippen LogP contribution in [0.5, 0.6) is 0 Å². The Balaban J connectivity index is 1.76. The standard InChI is InChI=1S/C28H48O3/c1-18(2)19(3)7-8-20(4)24-11-12-25(28(24,6)15-16-29)23-10-9-21-17-22(30)13-14-27(21,5)26(23)31/h18,20-25,29-30H,3,7-17H2,1-2,4-6H3/t20-,21+,22+,23+,24?,25+,27+,28-/m1/s1. The number of rotatable bonds is 8. The molecule has 0 saturated heterocycles. The minimum absolute atomic E-state index is 0.0328. The molecule has 3 rings (SSSR count). The third kappa shape index (κ3) is 4.69. The van der Waals surface area contributed by atoms with Crippen LogP contribution < -0.4 is 0 Å². The number of aliphatic hydroxyl groups is 2. The summed E-state index contributed by atoms with van der Waals surface area (Å²) in [6, 6.07) is 0. The van der Waals surface area contributed by atoms with Gasteiger partial charge in [0.25, 0.3) is 0 Å². The Morgan fingerprint density at radius 3 is 2.48 bits per heavy atom. The molecule has 3 saturated carbocycles. The van der Waals surface area contributed by atoms with Crippen molar-refractivity contribution in [3.8, 4) is 0 Å². The summed E-state index contributed by atoms with van der Waals surface area (Å²) in [6.45, 7) is 15.9. The van der Waals surface area contributed by atoms with E-state index in [2.05, 4.69) is 41.2 Å². The quantitative estimate of drug-likeness (QED) is 0.451. The van der Waals surface area contributed by atoms with Gasteiger partial charge in [0.05, 0.1) is 6.10 Å². The highest BCUT2D eigenvalue weighted by molar-refractivity contribution is 5.88. The average Bonchev–Trinajstić information content (AvgIpc) is 3.04. The number of aliphatic hydroxyl groups excluding tert-OH is 2. The van der Waals surface area contributed by atoms with Crippen molar-refractivity contribution in [2.24, 2.45) is 46.3 Å². The lowest BCUT2D eigenvalue weighted by molar-refractivity contribution is -0.149. The van der Waals surface area contributed by atoms with E-state index in [4.69, 9.17) is 0 Å². The summed E-state index contributed by atoms with van der Waals surface area (Å²) in [5.74, 6) is 3.04. The molecule has 0 aromatic carbocycles. The van der Waals surface area contributed by atoms with Crippen molar-refractivity contribution in [1.29, 1.82) is 0 Å². The molecule has 0 aliphatic heterocycles. The molecule has 3 nitrogen and oxygen atoms in total. The summed E-state index contributed by atoms with van der Waals surface area (Å²) >= 11 is 0. The van der Waals surface area contributed by atoms with Crippen molar-refractivity contribution >= 4 is 5.78 Å². The molecule has 0 aromatic rings. The summed E-state index contributed by atoms with van der Waals surface area (Å²) in [7, 11) is 0. The van der Waals surface area contributed by atoms with Crippen LogP contribution in [0.4, 0.5) is 0 Å². The minimum atomic E-state index is -0.249. The highest BCUT2D eigenvalue weighted by Crippen LogP contribution is 2.60. The first-order valence-corrected chi connectivity index (χ1v) is 13.1. The first kappa shape index (κ1) is 25.0. The van der Waals surface area contributed by atoms with Crippen LogP contribution in [-0.2, 0) is 4.79 Å². The van der Waals surface area contributed by atoms with Crippen LogP contribution in [-0.4, -0.2) is 28.7 Å². The monoisotopic (exact) mass is 432 g/mol. The molecule has 0 bridgehead atoms. The Hall–Kier alpha value is -0.670. The second kappa shape index (κ2) is 9.67. The molecule has 0 heterocycles. The first-order chi connectivity index (χ1) is 14.5. The smallest absolute Gasteiger partial charge is 0.142 e. The predicted molar refractivity (Wildman–Crippen MR) is 128 cm³/mol. The summed E-state index contributed by atoms with van der Waals surface area (Å²) in [4.78, 5) is 13.9. The molecule has 0 aromatic heterocycles. The van der Waals surface area contributed by atoms with E-state index < -0.39 is 0 Å². The van der Waals surface area contributed by atoms with E-state index in [1.807, 2.05) is 0 Å². The molecule has 3 aliphatic carbocycles. The lowest BCUT2D eigenvalue weighted by Crippen LogP contribution is -2.52. The van der Waals surface area contributed by atoms with Gasteiger partial charge in [-0.2, -0.15) is 0 Å². The zero-order valence-corrected chi connectivity index (χ0v) is 20.8. The number of hydrogen-bond acceptors (Lipinski definition) is 3. The first-order valence-electron chi connectivity index (χ1n) is 13.1. The Kier molecular flexibility index (Phi) is 7.79. The van der Waals surface area contributed by atoms with E-state index in [1.165, 1.54) is 12.0 Å². The topological polar surface area (TPSA) is 57.5 Å². The third-order valence-electron chi connectivity index (χ3n) is 10.2. The zero-order chi connectivity index (χ0) is 23.0. The van der Waals surface area contributed by atoms with Gasteiger partial charge in [0.1, 0.15) is 5.78 Å². The summed E-state index contributed by atoms with van der Waals surface area (Å²) in [6.07, 6.45) is 9.58. The fourth-order valence-corrected chi connectivity index (χ4v) is 7.86. The number of allylic oxidation sites excluding steroid dienone is 1. The van der Waals surface area contributed by atoms with Crippen molar-refractivity contribution < 1.29 is 15.0 Å². The molecule has 3 aliphatic rings. The van der Waals surface area contributed by atoms with Crippen molar-refractivity contribution in [3.05, 3.63) is 12.2 Å². The van der Waals surface area contributed by atoms with Gasteiger partial charge < -0.3 is 10.2 Å². The molecular formula is C28H48O3. The second-order valence-corrected chi connectivity index (χ2v) is 12.2. The van der Waals surface area contributed by atoms with Crippen molar-refractivity contribution in [2.75, 3.05) is 6.61 Å². The molecule has 0 spiro atoms. The predicted octanol–water partition coefficient (Wildman–Crippen LogP) is 6.18. The molecule has 31 heavy (non-hydrogen) atoms. The lowest BCUT2D eigenvalue weighted by atomic mass is 9.52. The fraction of sp³-hybridized carbons (Fsp3) is 0.893. The number of ketones is 1. The van der Waals surface area contributed by atoms with Gasteiger partial charge in [0.2, 0.25) is 0 Å². The minimum Gasteiger partial charge on any atom is -0.396 e. The van der Waals surface area contributed by atoms with E-state index in [-0.39, 0.29) is 29.5 Å². The van der Waals surface area contributed by atoms with Gasteiger partial charge in [0, 0.05) is 17.9 Å². The summed E-state index contributed by atoms with van der Waals surface area (Å²) < 4.78 is 0. The van der Waals surface area contributed by atoms with Crippen LogP contribution >= 0.6 is 0 Å². The van der Waals surface area contributed by atoms with Gasteiger partial charge in [0.15, 0.2) is 0 Å². The maximum Gasteiger partial charge on any atom is 0.142 e. The molecule has 0 radical (unpaired) electrons. The van der Waals surface area contributed by atoms with Crippen molar-refractivity contribution in [1.82, 2.24) is 0 Å². The Bertz CT molecular complexity index is 655. The summed E-state index contributed by atoms with van der Waals surface area (Å²) in [5, 5.41) is 20.2. The van der Waals surface area contributed by atoms with Crippen LogP contribution in [0.1, 0.15) is 98.8 Å². The van der Waals surface area contributed by atoms with Gasteiger partial charge >= 0.3 is 0 Å². The maximum absolute atomic E-state index is 13.9. The SMILES string of the molecule is C=C(CC[C@@H](C)C1CC[C@@H]([C@@H]2CC[C@H]3C[C@@H](O)CC[C@]3(C)C2=O)[C@]1(C)CCO)C(C)C. The van der Waals surface area contributed by atoms with E-state index in [0.717, 1.165) is 57.8 Å². The second-order valence-electron chi connectivity index (χ2n) is 12.2. The lowest BCUT2D eigenvalue weighted by Gasteiger charge is -2.51. The molecule has 3 heteroatoms. The highest BCUT2D eigenvalue weighted by atomic mass is 16.3. The molecule has 178 valence electrons. The van der Waals surface area contributed by atoms with E-state index >= 15 is 0 Å². The van der Waals surface area contributed by atoms with Gasteiger partial charge in [-0.1, -0.05) is 46.8 Å². The Labute approximate surface area is 191 Å². The van der Waals surface area contributed by atoms with E-state index in [1.54, 1.807) is 0 Å². The number of carbonyl (C=O) groups excluding carboxylic acids is 1. The van der Waals surface area contributed by atoms with Crippen LogP contribution in [0.25, 0.3) is 0 Å². The largest absolute Gasteiger partial charge is 0.396 e. The number of carbonyl (C=O) groups is 1. The molecular weight excluding hydrogens is 384 g/mol. The summed E-state index contributed by atoms with van der Waals surface area (Å²) in [5.41, 5.74) is 1.12. The zero-order valence-electron chi connectivity index (χ0n) is 20.8. The molecule has 8 atom stereocenters. The normalized spacial score (nSPS) is 41.9. The van der Waals surface area contributed by atoms with Gasteiger partial charge in [-0.15, -0.1) is 0 Å². The number of hydrogen-bond donors (Lipinski definition) is 2. The molecule has 3 fully saturated rings. The highest BCUT2D eigenvalue weighted by Gasteiger charge is 2.57. The van der Waals surface area contributed by atoms with Crippen molar-refractivity contribution in [2.45, 2.75) is 105 Å². The third-order valence-corrected chi connectivity index (χ3v) is 10.2. The number of Topliss-reactive ketones (excluding diaryl/α,β-unsaturated/α-hetero) is 1. The van der Waals surface area contributed by atoms with E-state index in [0.29, 0.717) is 35.4 Å². The number of fused-ring (bicyclic) bond motifs is 1. The fourth-order valence-electron chi connectivity index (χ4n) is 7.86. The van der Waals surface area contributed by atoms with Crippen LogP contribution in [0.3, 0.4) is 0 Å². The Morgan fingerprint density at radius 1 is 1.13 bits per heavy atom. The van der Waals surface area contributed by atoms with E-state index in [9.17, 15) is 15.0 Å². The molecule has 2 N–H and O–H groups in total. The van der Waals surface area contributed by atoms with Gasteiger partial charge in [-0.05, 0) is 99.2 Å². The maximum atomic E-state index is 13.9. The van der Waals surface area contributed by atoms with Crippen LogP contribution in [0.2, 0.25) is 0 Å². The van der Waals surface area contributed by atoms with Crippen LogP contribution in [0, 0.1) is 46.3 Å². The molecule has 1 unspecified atom stereocenters. The average molecular weight is 433 g/mol. The van der Waals surface area contributed by atoms with Gasteiger partial charge in [-0.25, -0.2) is 0 Å². The van der Waals surface area contributed by atoms with Crippen LogP contribution in [0.15, 0.2) is 12.2 Å². The van der Waals surface area contributed by atoms with Gasteiger partial charge in [-0.3, -0.25) is 4.79 Å².